The Balaban J connectivity index is 2.80. The zero-order chi connectivity index (χ0) is 12.0. The monoisotopic (exact) mass is 241 g/mol. The average Bonchev–Trinajstić information content (AvgIpc) is 2.76. The second kappa shape index (κ2) is 5.99. The van der Waals surface area contributed by atoms with Gasteiger partial charge in [-0.3, -0.25) is 9.78 Å². The third-order valence-corrected chi connectivity index (χ3v) is 3.92. The lowest BCUT2D eigenvalue weighted by atomic mass is 9.77. The fourth-order valence-electron chi connectivity index (χ4n) is 1.90. The number of rotatable bonds is 7. The van der Waals surface area contributed by atoms with Crippen molar-refractivity contribution in [3.63, 3.8) is 0 Å². The number of thiazole rings is 1. The quantitative estimate of drug-likeness (QED) is 0.796. The summed E-state index contributed by atoms with van der Waals surface area (Å²) >= 11 is 1.54. The third kappa shape index (κ3) is 3.04. The molecular weight excluding hydrogens is 222 g/mol. The highest BCUT2D eigenvalue weighted by atomic mass is 32.1. The maximum atomic E-state index is 11.5. The van der Waals surface area contributed by atoms with Gasteiger partial charge in [0.1, 0.15) is 0 Å². The smallest absolute Gasteiger partial charge is 0.309 e. The van der Waals surface area contributed by atoms with Crippen molar-refractivity contribution in [1.29, 1.82) is 0 Å². The summed E-state index contributed by atoms with van der Waals surface area (Å²) in [6.07, 6.45) is 5.84. The number of carboxylic acid groups (broad SMARTS) is 1. The van der Waals surface area contributed by atoms with Gasteiger partial charge in [0.2, 0.25) is 0 Å². The Kier molecular flexibility index (Phi) is 4.93. The van der Waals surface area contributed by atoms with Gasteiger partial charge >= 0.3 is 5.97 Å². The topological polar surface area (TPSA) is 50.2 Å². The summed E-state index contributed by atoms with van der Waals surface area (Å²) in [6, 6.07) is 0. The summed E-state index contributed by atoms with van der Waals surface area (Å²) in [6.45, 7) is 4.06. The van der Waals surface area contributed by atoms with E-state index in [1.165, 1.54) is 0 Å². The van der Waals surface area contributed by atoms with E-state index in [-0.39, 0.29) is 0 Å². The van der Waals surface area contributed by atoms with Gasteiger partial charge in [-0.25, -0.2) is 0 Å². The second-order valence-corrected chi connectivity index (χ2v) is 5.16. The van der Waals surface area contributed by atoms with Crippen LogP contribution in [0.1, 0.15) is 44.4 Å². The molecule has 0 aromatic carbocycles. The number of carbonyl (C=O) groups is 1. The van der Waals surface area contributed by atoms with Crippen molar-refractivity contribution in [2.45, 2.75) is 46.0 Å². The standard InChI is InChI=1S/C12H19NO2S/c1-3-5-6-12(4-2,11(14)15)7-10-8-13-9-16-10/h8-9H,3-7H2,1-2H3,(H,14,15). The Morgan fingerprint density at radius 1 is 1.56 bits per heavy atom. The van der Waals surface area contributed by atoms with Gasteiger partial charge in [0, 0.05) is 11.1 Å². The van der Waals surface area contributed by atoms with Crippen molar-refractivity contribution in [3.05, 3.63) is 16.6 Å². The number of carboxylic acids is 1. The minimum atomic E-state index is -0.670. The summed E-state index contributed by atoms with van der Waals surface area (Å²) in [5.41, 5.74) is 1.17. The first-order valence-corrected chi connectivity index (χ1v) is 6.63. The first-order valence-electron chi connectivity index (χ1n) is 5.75. The van der Waals surface area contributed by atoms with Crippen LogP contribution in [0.5, 0.6) is 0 Å². The predicted molar refractivity (Wildman–Crippen MR) is 65.7 cm³/mol. The molecule has 1 unspecified atom stereocenters. The van der Waals surface area contributed by atoms with Crippen LogP contribution in [0.3, 0.4) is 0 Å². The highest BCUT2D eigenvalue weighted by Crippen LogP contribution is 2.34. The molecule has 0 spiro atoms. The van der Waals surface area contributed by atoms with Crippen LogP contribution >= 0.6 is 11.3 Å². The lowest BCUT2D eigenvalue weighted by Gasteiger charge is -2.27. The molecule has 0 aliphatic heterocycles. The Labute approximate surface area is 101 Å². The summed E-state index contributed by atoms with van der Waals surface area (Å²) in [4.78, 5) is 16.5. The SMILES string of the molecule is CCCCC(CC)(Cc1cncs1)C(=O)O. The summed E-state index contributed by atoms with van der Waals surface area (Å²) in [5, 5.41) is 9.43. The molecule has 1 heterocycles. The van der Waals surface area contributed by atoms with E-state index in [2.05, 4.69) is 11.9 Å². The van der Waals surface area contributed by atoms with E-state index in [0.29, 0.717) is 12.8 Å². The number of hydrogen-bond donors (Lipinski definition) is 1. The summed E-state index contributed by atoms with van der Waals surface area (Å²) < 4.78 is 0. The molecule has 0 radical (unpaired) electrons. The molecule has 1 atom stereocenters. The first-order chi connectivity index (χ1) is 7.64. The number of nitrogens with zero attached hydrogens (tertiary/aromatic N) is 1. The van der Waals surface area contributed by atoms with Crippen LogP contribution in [0.2, 0.25) is 0 Å². The van der Waals surface area contributed by atoms with Gasteiger partial charge in [-0.2, -0.15) is 0 Å². The molecule has 1 aromatic rings. The van der Waals surface area contributed by atoms with Gasteiger partial charge in [-0.05, 0) is 19.3 Å². The average molecular weight is 241 g/mol. The number of hydrogen-bond acceptors (Lipinski definition) is 3. The number of aliphatic carboxylic acids is 1. The van der Waals surface area contributed by atoms with E-state index in [1.54, 1.807) is 23.0 Å². The van der Waals surface area contributed by atoms with Crippen LogP contribution in [-0.2, 0) is 11.2 Å². The molecule has 90 valence electrons. The Bertz CT molecular complexity index is 324. The lowest BCUT2D eigenvalue weighted by molar-refractivity contribution is -0.149. The van der Waals surface area contributed by atoms with Gasteiger partial charge in [0.05, 0.1) is 10.9 Å². The minimum absolute atomic E-state index is 0.595. The van der Waals surface area contributed by atoms with Crippen molar-refractivity contribution in [2.24, 2.45) is 5.41 Å². The minimum Gasteiger partial charge on any atom is -0.481 e. The molecule has 0 amide bonds. The van der Waals surface area contributed by atoms with Crippen LogP contribution in [0.25, 0.3) is 0 Å². The normalized spacial score (nSPS) is 14.6. The van der Waals surface area contributed by atoms with Crippen LogP contribution in [-0.4, -0.2) is 16.1 Å². The molecule has 1 N–H and O–H groups in total. The molecule has 3 nitrogen and oxygen atoms in total. The zero-order valence-corrected chi connectivity index (χ0v) is 10.7. The molecule has 0 bridgehead atoms. The van der Waals surface area contributed by atoms with Gasteiger partial charge in [-0.1, -0.05) is 26.7 Å². The van der Waals surface area contributed by atoms with Gasteiger partial charge in [0.15, 0.2) is 0 Å². The van der Waals surface area contributed by atoms with E-state index in [0.717, 1.165) is 24.1 Å². The predicted octanol–water partition coefficient (Wildman–Crippen LogP) is 3.36. The van der Waals surface area contributed by atoms with E-state index >= 15 is 0 Å². The van der Waals surface area contributed by atoms with Gasteiger partial charge < -0.3 is 5.11 Å². The molecule has 1 rings (SSSR count). The van der Waals surface area contributed by atoms with E-state index in [9.17, 15) is 9.90 Å². The molecule has 0 saturated carbocycles. The van der Waals surface area contributed by atoms with Crippen molar-refractivity contribution in [2.75, 3.05) is 0 Å². The molecular formula is C12H19NO2S. The highest BCUT2D eigenvalue weighted by Gasteiger charge is 2.36. The molecule has 16 heavy (non-hydrogen) atoms. The molecule has 0 saturated heterocycles. The highest BCUT2D eigenvalue weighted by molar-refractivity contribution is 7.09. The van der Waals surface area contributed by atoms with E-state index in [4.69, 9.17) is 0 Å². The maximum absolute atomic E-state index is 11.5. The van der Waals surface area contributed by atoms with Crippen LogP contribution in [0, 0.1) is 5.41 Å². The molecule has 1 aromatic heterocycles. The Hall–Kier alpha value is -0.900. The third-order valence-electron chi connectivity index (χ3n) is 3.14. The largest absolute Gasteiger partial charge is 0.481 e. The van der Waals surface area contributed by atoms with Gasteiger partial charge in [0.25, 0.3) is 0 Å². The number of unbranched alkanes of at least 4 members (excludes halogenated alkanes) is 1. The fraction of sp³-hybridized carbons (Fsp3) is 0.667. The van der Waals surface area contributed by atoms with Crippen LogP contribution in [0.4, 0.5) is 0 Å². The zero-order valence-electron chi connectivity index (χ0n) is 9.90. The molecule has 4 heteroatoms. The molecule has 0 aliphatic rings. The van der Waals surface area contributed by atoms with E-state index in [1.807, 2.05) is 6.92 Å². The fourth-order valence-corrected chi connectivity index (χ4v) is 2.64. The lowest BCUT2D eigenvalue weighted by Crippen LogP contribution is -2.32. The van der Waals surface area contributed by atoms with Crippen molar-refractivity contribution < 1.29 is 9.90 Å². The molecule has 0 aliphatic carbocycles. The summed E-state index contributed by atoms with van der Waals surface area (Å²) in [5.74, 6) is -0.670. The maximum Gasteiger partial charge on any atom is 0.309 e. The van der Waals surface area contributed by atoms with Crippen LogP contribution < -0.4 is 0 Å². The second-order valence-electron chi connectivity index (χ2n) is 4.19. The van der Waals surface area contributed by atoms with E-state index < -0.39 is 11.4 Å². The first kappa shape index (κ1) is 13.2. The number of aromatic nitrogens is 1. The molecule has 0 fully saturated rings. The summed E-state index contributed by atoms with van der Waals surface area (Å²) in [7, 11) is 0. The van der Waals surface area contributed by atoms with Crippen molar-refractivity contribution >= 4 is 17.3 Å². The Morgan fingerprint density at radius 2 is 2.31 bits per heavy atom. The van der Waals surface area contributed by atoms with Crippen molar-refractivity contribution in [3.8, 4) is 0 Å². The van der Waals surface area contributed by atoms with Gasteiger partial charge in [-0.15, -0.1) is 11.3 Å². The van der Waals surface area contributed by atoms with Crippen molar-refractivity contribution in [1.82, 2.24) is 4.98 Å². The Morgan fingerprint density at radius 3 is 2.75 bits per heavy atom. The van der Waals surface area contributed by atoms with Crippen LogP contribution in [0.15, 0.2) is 11.7 Å².